The van der Waals surface area contributed by atoms with E-state index >= 15 is 0 Å². The number of imidazole rings is 1. The van der Waals surface area contributed by atoms with Crippen LogP contribution in [0, 0.1) is 6.92 Å². The number of aryl methyl sites for hydroxylation is 1. The second kappa shape index (κ2) is 5.51. The normalized spacial score (nSPS) is 10.6. The molecule has 0 aliphatic rings. The van der Waals surface area contributed by atoms with Gasteiger partial charge in [-0.3, -0.25) is 9.59 Å². The van der Waals surface area contributed by atoms with E-state index in [2.05, 4.69) is 10.3 Å². The van der Waals surface area contributed by atoms with E-state index in [0.29, 0.717) is 5.69 Å². The minimum Gasteiger partial charge on any atom is -0.481 e. The van der Waals surface area contributed by atoms with Crippen molar-refractivity contribution in [3.63, 3.8) is 0 Å². The summed E-state index contributed by atoms with van der Waals surface area (Å²) in [5, 5.41) is 11.0. The summed E-state index contributed by atoms with van der Waals surface area (Å²) in [5.41, 5.74) is 2.51. The average molecular weight is 261 g/mol. The van der Waals surface area contributed by atoms with Gasteiger partial charge in [-0.05, 0) is 19.1 Å². The first-order chi connectivity index (χ1) is 9.06. The molecule has 6 nitrogen and oxygen atoms in total. The zero-order valence-electron chi connectivity index (χ0n) is 10.6. The highest BCUT2D eigenvalue weighted by atomic mass is 16.4. The SMILES string of the molecule is Cc1cccc2nc(CC(=O)NCCC(=O)O)cn12. The van der Waals surface area contributed by atoms with E-state index in [1.54, 1.807) is 0 Å². The molecule has 1 amide bonds. The van der Waals surface area contributed by atoms with E-state index in [9.17, 15) is 9.59 Å². The van der Waals surface area contributed by atoms with Gasteiger partial charge >= 0.3 is 5.97 Å². The highest BCUT2D eigenvalue weighted by molar-refractivity contribution is 5.78. The Balaban J connectivity index is 1.99. The number of hydrogen-bond acceptors (Lipinski definition) is 3. The third kappa shape index (κ3) is 3.31. The van der Waals surface area contributed by atoms with Crippen molar-refractivity contribution in [2.75, 3.05) is 6.54 Å². The minimum absolute atomic E-state index is 0.0734. The summed E-state index contributed by atoms with van der Waals surface area (Å²) in [4.78, 5) is 26.3. The van der Waals surface area contributed by atoms with Crippen molar-refractivity contribution in [2.45, 2.75) is 19.8 Å². The Labute approximate surface area is 110 Å². The van der Waals surface area contributed by atoms with Crippen LogP contribution in [-0.4, -0.2) is 32.9 Å². The van der Waals surface area contributed by atoms with Gasteiger partial charge in [-0.25, -0.2) is 4.98 Å². The number of carbonyl (C=O) groups is 2. The predicted molar refractivity (Wildman–Crippen MR) is 68.9 cm³/mol. The van der Waals surface area contributed by atoms with Crippen molar-refractivity contribution in [3.8, 4) is 0 Å². The first-order valence-electron chi connectivity index (χ1n) is 5.98. The molecule has 0 radical (unpaired) electrons. The molecule has 2 rings (SSSR count). The summed E-state index contributed by atoms with van der Waals surface area (Å²) in [6.07, 6.45) is 1.90. The van der Waals surface area contributed by atoms with Gasteiger partial charge < -0.3 is 14.8 Å². The maximum Gasteiger partial charge on any atom is 0.305 e. The number of carboxylic acid groups (broad SMARTS) is 1. The van der Waals surface area contributed by atoms with Crippen LogP contribution in [0.15, 0.2) is 24.4 Å². The van der Waals surface area contributed by atoms with Crippen molar-refractivity contribution in [3.05, 3.63) is 35.8 Å². The highest BCUT2D eigenvalue weighted by Gasteiger charge is 2.08. The van der Waals surface area contributed by atoms with Crippen LogP contribution < -0.4 is 5.32 Å². The van der Waals surface area contributed by atoms with Gasteiger partial charge in [0.15, 0.2) is 0 Å². The van der Waals surface area contributed by atoms with Crippen molar-refractivity contribution in [2.24, 2.45) is 0 Å². The summed E-state index contributed by atoms with van der Waals surface area (Å²) < 4.78 is 1.92. The van der Waals surface area contributed by atoms with Gasteiger partial charge in [0.05, 0.1) is 18.5 Å². The van der Waals surface area contributed by atoms with Crippen LogP contribution in [0.25, 0.3) is 5.65 Å². The van der Waals surface area contributed by atoms with E-state index < -0.39 is 5.97 Å². The Hall–Kier alpha value is -2.37. The minimum atomic E-state index is -0.927. The third-order valence-corrected chi connectivity index (χ3v) is 2.75. The van der Waals surface area contributed by atoms with Crippen molar-refractivity contribution >= 4 is 17.5 Å². The molecule has 0 bridgehead atoms. The Morgan fingerprint density at radius 3 is 2.89 bits per heavy atom. The molecule has 2 heterocycles. The summed E-state index contributed by atoms with van der Waals surface area (Å²) in [6, 6.07) is 5.75. The largest absolute Gasteiger partial charge is 0.481 e. The van der Waals surface area contributed by atoms with Gasteiger partial charge in [-0.1, -0.05) is 6.07 Å². The van der Waals surface area contributed by atoms with E-state index in [4.69, 9.17) is 5.11 Å². The number of nitrogens with zero attached hydrogens (tertiary/aromatic N) is 2. The topological polar surface area (TPSA) is 83.7 Å². The zero-order chi connectivity index (χ0) is 13.8. The molecule has 0 saturated heterocycles. The standard InChI is InChI=1S/C13H15N3O3/c1-9-3-2-4-11-15-10(8-16(9)11)7-12(17)14-6-5-13(18)19/h2-4,8H,5-7H2,1H3,(H,14,17)(H,18,19). The number of aliphatic carboxylic acids is 1. The lowest BCUT2D eigenvalue weighted by Crippen LogP contribution is -2.27. The number of aromatic nitrogens is 2. The monoisotopic (exact) mass is 261 g/mol. The number of amides is 1. The second-order valence-corrected chi connectivity index (χ2v) is 4.30. The molecular formula is C13H15N3O3. The van der Waals surface area contributed by atoms with Crippen molar-refractivity contribution in [1.29, 1.82) is 0 Å². The lowest BCUT2D eigenvalue weighted by Gasteiger charge is -2.00. The Morgan fingerprint density at radius 1 is 1.42 bits per heavy atom. The fourth-order valence-corrected chi connectivity index (χ4v) is 1.82. The molecule has 0 atom stereocenters. The molecular weight excluding hydrogens is 246 g/mol. The van der Waals surface area contributed by atoms with Crippen LogP contribution in [0.4, 0.5) is 0 Å². The van der Waals surface area contributed by atoms with Crippen LogP contribution in [0.1, 0.15) is 17.8 Å². The number of carbonyl (C=O) groups excluding carboxylic acids is 1. The molecule has 0 aliphatic carbocycles. The molecule has 2 N–H and O–H groups in total. The second-order valence-electron chi connectivity index (χ2n) is 4.30. The molecule has 2 aromatic rings. The van der Waals surface area contributed by atoms with E-state index in [1.807, 2.05) is 35.7 Å². The van der Waals surface area contributed by atoms with Crippen molar-refractivity contribution in [1.82, 2.24) is 14.7 Å². The molecule has 0 saturated carbocycles. The third-order valence-electron chi connectivity index (χ3n) is 2.75. The summed E-state index contributed by atoms with van der Waals surface area (Å²) in [5.74, 6) is -1.15. The molecule has 2 aromatic heterocycles. The molecule has 0 fully saturated rings. The van der Waals surface area contributed by atoms with Crippen LogP contribution >= 0.6 is 0 Å². The van der Waals surface area contributed by atoms with Crippen LogP contribution in [0.5, 0.6) is 0 Å². The Bertz CT molecular complexity index is 619. The number of nitrogens with one attached hydrogen (secondary N) is 1. The molecule has 100 valence electrons. The molecule has 6 heteroatoms. The number of carboxylic acids is 1. The number of fused-ring (bicyclic) bond motifs is 1. The maximum absolute atomic E-state index is 11.6. The van der Waals surface area contributed by atoms with Gasteiger partial charge in [-0.15, -0.1) is 0 Å². The van der Waals surface area contributed by atoms with E-state index in [0.717, 1.165) is 11.3 Å². The average Bonchev–Trinajstić information content (AvgIpc) is 2.72. The molecule has 0 aromatic carbocycles. The maximum atomic E-state index is 11.6. The Kier molecular flexibility index (Phi) is 3.79. The van der Waals surface area contributed by atoms with E-state index in [1.165, 1.54) is 0 Å². The number of pyridine rings is 1. The quantitative estimate of drug-likeness (QED) is 0.833. The Morgan fingerprint density at radius 2 is 2.21 bits per heavy atom. The lowest BCUT2D eigenvalue weighted by molar-refractivity contribution is -0.136. The zero-order valence-corrected chi connectivity index (χ0v) is 10.6. The van der Waals surface area contributed by atoms with Crippen LogP contribution in [0.2, 0.25) is 0 Å². The number of rotatable bonds is 5. The summed E-state index contributed by atoms with van der Waals surface area (Å²) in [7, 11) is 0. The van der Waals surface area contributed by atoms with Gasteiger partial charge in [0.2, 0.25) is 5.91 Å². The molecule has 0 spiro atoms. The molecule has 19 heavy (non-hydrogen) atoms. The van der Waals surface area contributed by atoms with Gasteiger partial charge in [0.25, 0.3) is 0 Å². The lowest BCUT2D eigenvalue weighted by atomic mass is 10.3. The summed E-state index contributed by atoms with van der Waals surface area (Å²) >= 11 is 0. The first kappa shape index (κ1) is 13.1. The smallest absolute Gasteiger partial charge is 0.305 e. The van der Waals surface area contributed by atoms with Gasteiger partial charge in [0, 0.05) is 18.4 Å². The highest BCUT2D eigenvalue weighted by Crippen LogP contribution is 2.08. The summed E-state index contributed by atoms with van der Waals surface area (Å²) in [6.45, 7) is 2.10. The molecule has 0 aliphatic heterocycles. The number of hydrogen-bond donors (Lipinski definition) is 2. The van der Waals surface area contributed by atoms with Gasteiger partial charge in [0.1, 0.15) is 5.65 Å². The first-order valence-corrected chi connectivity index (χ1v) is 5.98. The fourth-order valence-electron chi connectivity index (χ4n) is 1.82. The predicted octanol–water partition coefficient (Wildman–Crippen LogP) is 0.776. The van der Waals surface area contributed by atoms with Crippen LogP contribution in [0.3, 0.4) is 0 Å². The van der Waals surface area contributed by atoms with Crippen molar-refractivity contribution < 1.29 is 14.7 Å². The molecule has 0 unspecified atom stereocenters. The van der Waals surface area contributed by atoms with Gasteiger partial charge in [-0.2, -0.15) is 0 Å². The fraction of sp³-hybridized carbons (Fsp3) is 0.308. The van der Waals surface area contributed by atoms with E-state index in [-0.39, 0.29) is 25.3 Å². The van der Waals surface area contributed by atoms with Crippen LogP contribution in [-0.2, 0) is 16.0 Å².